The van der Waals surface area contributed by atoms with E-state index in [4.69, 9.17) is 0 Å². The lowest BCUT2D eigenvalue weighted by Crippen LogP contribution is -2.34. The molecule has 0 saturated heterocycles. The molecular formula is C20H16F2N2O. The summed E-state index contributed by atoms with van der Waals surface area (Å²) in [5.74, 6) is -0.723. The van der Waals surface area contributed by atoms with Crippen LogP contribution in [-0.4, -0.2) is 28.9 Å². The molecule has 1 N–H and O–H groups in total. The summed E-state index contributed by atoms with van der Waals surface area (Å²) in [5.41, 5.74) is 3.44. The number of carbonyl (C=O) groups excluding carboxylic acids is 1. The lowest BCUT2D eigenvalue weighted by atomic mass is 9.98. The molecule has 3 nitrogen and oxygen atoms in total. The predicted molar refractivity (Wildman–Crippen MR) is 93.2 cm³/mol. The number of aromatic amines is 1. The highest BCUT2D eigenvalue weighted by atomic mass is 19.1. The molecule has 0 saturated carbocycles. The zero-order chi connectivity index (χ0) is 17.4. The number of nitrogens with one attached hydrogen (secondary N) is 1. The molecule has 0 spiro atoms. The van der Waals surface area contributed by atoms with Crippen molar-refractivity contribution in [2.75, 3.05) is 13.1 Å². The van der Waals surface area contributed by atoms with Gasteiger partial charge in [-0.1, -0.05) is 6.08 Å². The summed E-state index contributed by atoms with van der Waals surface area (Å²) >= 11 is 0. The number of aromatic nitrogens is 1. The van der Waals surface area contributed by atoms with Crippen LogP contribution in [0.25, 0.3) is 16.5 Å². The summed E-state index contributed by atoms with van der Waals surface area (Å²) in [6.07, 6.45) is 4.63. The number of fused-ring (bicyclic) bond motifs is 1. The molecule has 0 unspecified atom stereocenters. The molecule has 4 rings (SSSR count). The Labute approximate surface area is 143 Å². The minimum Gasteiger partial charge on any atom is -0.360 e. The quantitative estimate of drug-likeness (QED) is 0.740. The third kappa shape index (κ3) is 2.93. The first-order chi connectivity index (χ1) is 12.1. The maximum atomic E-state index is 13.3. The second-order valence-corrected chi connectivity index (χ2v) is 6.13. The highest BCUT2D eigenvalue weighted by Gasteiger charge is 2.20. The van der Waals surface area contributed by atoms with Crippen LogP contribution in [0.1, 0.15) is 22.3 Å². The van der Waals surface area contributed by atoms with Crippen molar-refractivity contribution in [3.8, 4) is 0 Å². The third-order valence-electron chi connectivity index (χ3n) is 4.58. The van der Waals surface area contributed by atoms with E-state index in [-0.39, 0.29) is 17.5 Å². The first kappa shape index (κ1) is 15.6. The van der Waals surface area contributed by atoms with Gasteiger partial charge in [-0.3, -0.25) is 4.79 Å². The van der Waals surface area contributed by atoms with E-state index in [1.165, 1.54) is 36.4 Å². The smallest absolute Gasteiger partial charge is 0.254 e. The number of nitrogens with zero attached hydrogens (tertiary/aromatic N) is 1. The average molecular weight is 338 g/mol. The molecule has 2 aromatic carbocycles. The van der Waals surface area contributed by atoms with Gasteiger partial charge in [-0.2, -0.15) is 0 Å². The predicted octanol–water partition coefficient (Wildman–Crippen LogP) is 4.38. The van der Waals surface area contributed by atoms with Crippen LogP contribution in [0, 0.1) is 11.6 Å². The van der Waals surface area contributed by atoms with Gasteiger partial charge >= 0.3 is 0 Å². The molecule has 1 aromatic heterocycles. The van der Waals surface area contributed by atoms with Gasteiger partial charge in [0.05, 0.1) is 0 Å². The minimum absolute atomic E-state index is 0.101. The lowest BCUT2D eigenvalue weighted by molar-refractivity contribution is 0.0773. The molecule has 5 heteroatoms. The van der Waals surface area contributed by atoms with Gasteiger partial charge in [-0.15, -0.1) is 0 Å². The number of hydrogen-bond acceptors (Lipinski definition) is 1. The summed E-state index contributed by atoms with van der Waals surface area (Å²) in [7, 11) is 0. The van der Waals surface area contributed by atoms with Gasteiger partial charge in [0.2, 0.25) is 0 Å². The van der Waals surface area contributed by atoms with Crippen molar-refractivity contribution in [2.24, 2.45) is 0 Å². The number of benzene rings is 2. The van der Waals surface area contributed by atoms with Crippen molar-refractivity contribution in [3.63, 3.8) is 0 Å². The molecule has 0 bridgehead atoms. The number of rotatable bonds is 2. The van der Waals surface area contributed by atoms with Crippen LogP contribution in [0.2, 0.25) is 0 Å². The van der Waals surface area contributed by atoms with Crippen molar-refractivity contribution < 1.29 is 13.6 Å². The topological polar surface area (TPSA) is 36.1 Å². The SMILES string of the molecule is O=C(c1ccc(F)cc1)N1CC=C(c2c[nH]c3cc(F)ccc23)CC1. The second kappa shape index (κ2) is 6.16. The van der Waals surface area contributed by atoms with E-state index in [2.05, 4.69) is 4.98 Å². The van der Waals surface area contributed by atoms with E-state index in [0.29, 0.717) is 18.7 Å². The average Bonchev–Trinajstić information content (AvgIpc) is 3.05. The van der Waals surface area contributed by atoms with E-state index in [9.17, 15) is 13.6 Å². The number of halogens is 2. The minimum atomic E-state index is -0.354. The molecule has 0 radical (unpaired) electrons. The Morgan fingerprint density at radius 2 is 1.80 bits per heavy atom. The monoisotopic (exact) mass is 338 g/mol. The zero-order valence-corrected chi connectivity index (χ0v) is 13.4. The summed E-state index contributed by atoms with van der Waals surface area (Å²) < 4.78 is 26.3. The van der Waals surface area contributed by atoms with Gasteiger partial charge in [0, 0.05) is 41.3 Å². The summed E-state index contributed by atoms with van der Waals surface area (Å²) in [4.78, 5) is 17.3. The van der Waals surface area contributed by atoms with Crippen LogP contribution in [0.3, 0.4) is 0 Å². The third-order valence-corrected chi connectivity index (χ3v) is 4.58. The van der Waals surface area contributed by atoms with E-state index < -0.39 is 0 Å². The van der Waals surface area contributed by atoms with Crippen molar-refractivity contribution >= 4 is 22.4 Å². The second-order valence-electron chi connectivity index (χ2n) is 6.13. The molecule has 25 heavy (non-hydrogen) atoms. The highest BCUT2D eigenvalue weighted by molar-refractivity contribution is 5.96. The molecular weight excluding hydrogens is 322 g/mol. The Morgan fingerprint density at radius 3 is 2.52 bits per heavy atom. The first-order valence-electron chi connectivity index (χ1n) is 8.13. The maximum Gasteiger partial charge on any atom is 0.254 e. The van der Waals surface area contributed by atoms with Crippen molar-refractivity contribution in [2.45, 2.75) is 6.42 Å². The van der Waals surface area contributed by atoms with Gasteiger partial charge in [0.1, 0.15) is 11.6 Å². The van der Waals surface area contributed by atoms with Gasteiger partial charge in [-0.05, 0) is 54.5 Å². The van der Waals surface area contributed by atoms with Crippen LogP contribution >= 0.6 is 0 Å². The fourth-order valence-electron chi connectivity index (χ4n) is 3.24. The molecule has 1 amide bonds. The summed E-state index contributed by atoms with van der Waals surface area (Å²) in [5, 5.41) is 0.978. The Hall–Kier alpha value is -2.95. The highest BCUT2D eigenvalue weighted by Crippen LogP contribution is 2.30. The van der Waals surface area contributed by atoms with E-state index in [1.807, 2.05) is 12.3 Å². The molecule has 0 atom stereocenters. The summed E-state index contributed by atoms with van der Waals surface area (Å²) in [6.45, 7) is 1.09. The molecule has 0 fully saturated rings. The van der Waals surface area contributed by atoms with Crippen molar-refractivity contribution in [1.82, 2.24) is 9.88 Å². The van der Waals surface area contributed by atoms with Crippen LogP contribution in [0.15, 0.2) is 54.7 Å². The standard InChI is InChI=1S/C20H16F2N2O/c21-15-3-1-14(2-4-15)20(25)24-9-7-13(8-10-24)18-12-23-19-11-16(22)5-6-17(18)19/h1-7,11-12,23H,8-10H2. The van der Waals surface area contributed by atoms with Crippen LogP contribution in [0.5, 0.6) is 0 Å². The van der Waals surface area contributed by atoms with E-state index in [0.717, 1.165) is 28.5 Å². The molecule has 1 aliphatic heterocycles. The molecule has 1 aliphatic rings. The Kier molecular flexibility index (Phi) is 3.84. The number of carbonyl (C=O) groups is 1. The molecule has 3 aromatic rings. The number of amides is 1. The Bertz CT molecular complexity index is 973. The Morgan fingerprint density at radius 1 is 1.04 bits per heavy atom. The van der Waals surface area contributed by atoms with Gasteiger partial charge < -0.3 is 9.88 Å². The summed E-state index contributed by atoms with van der Waals surface area (Å²) in [6, 6.07) is 10.3. The van der Waals surface area contributed by atoms with Gasteiger partial charge in [0.15, 0.2) is 0 Å². The van der Waals surface area contributed by atoms with E-state index in [1.54, 1.807) is 11.0 Å². The van der Waals surface area contributed by atoms with Crippen LogP contribution in [-0.2, 0) is 0 Å². The fraction of sp³-hybridized carbons (Fsp3) is 0.150. The van der Waals surface area contributed by atoms with Crippen molar-refractivity contribution in [1.29, 1.82) is 0 Å². The van der Waals surface area contributed by atoms with Crippen LogP contribution < -0.4 is 0 Å². The molecule has 0 aliphatic carbocycles. The Balaban J connectivity index is 1.55. The number of hydrogen-bond donors (Lipinski definition) is 1. The first-order valence-corrected chi connectivity index (χ1v) is 8.13. The fourth-order valence-corrected chi connectivity index (χ4v) is 3.24. The molecule has 2 heterocycles. The van der Waals surface area contributed by atoms with Crippen LogP contribution in [0.4, 0.5) is 8.78 Å². The van der Waals surface area contributed by atoms with E-state index >= 15 is 0 Å². The maximum absolute atomic E-state index is 13.3. The normalized spacial score (nSPS) is 14.6. The van der Waals surface area contributed by atoms with Crippen molar-refractivity contribution in [3.05, 3.63) is 77.5 Å². The molecule has 126 valence electrons. The van der Waals surface area contributed by atoms with Gasteiger partial charge in [-0.25, -0.2) is 8.78 Å². The number of H-pyrrole nitrogens is 1. The van der Waals surface area contributed by atoms with Gasteiger partial charge in [0.25, 0.3) is 5.91 Å². The largest absolute Gasteiger partial charge is 0.360 e. The lowest BCUT2D eigenvalue weighted by Gasteiger charge is -2.26. The zero-order valence-electron chi connectivity index (χ0n) is 13.4.